The summed E-state index contributed by atoms with van der Waals surface area (Å²) in [6, 6.07) is 8.73. The van der Waals surface area contributed by atoms with Crippen molar-refractivity contribution in [3.05, 3.63) is 57.3 Å². The number of aromatic hydroxyl groups is 1. The molecule has 0 fully saturated rings. The molecule has 0 aliphatic carbocycles. The molecule has 0 aliphatic heterocycles. The quantitative estimate of drug-likeness (QED) is 0.597. The summed E-state index contributed by atoms with van der Waals surface area (Å²) >= 11 is 1.36. The molecule has 0 aliphatic rings. The van der Waals surface area contributed by atoms with Crippen LogP contribution in [0.5, 0.6) is 17.2 Å². The zero-order chi connectivity index (χ0) is 19.4. The van der Waals surface area contributed by atoms with Gasteiger partial charge in [-0.3, -0.25) is 9.59 Å². The molecule has 8 nitrogen and oxygen atoms in total. The van der Waals surface area contributed by atoms with Gasteiger partial charge >= 0.3 is 0 Å². The van der Waals surface area contributed by atoms with Crippen LogP contribution in [0.1, 0.15) is 16.1 Å². The SMILES string of the molecule is COc1ccc(CNC(=O)c2nc(-c3cccs3)[nH]c(=O)c2O)c(OC)c1. The van der Waals surface area contributed by atoms with E-state index in [-0.39, 0.29) is 18.1 Å². The van der Waals surface area contributed by atoms with E-state index in [0.717, 1.165) is 0 Å². The lowest BCUT2D eigenvalue weighted by molar-refractivity contribution is 0.0942. The van der Waals surface area contributed by atoms with Crippen LogP contribution in [0.2, 0.25) is 0 Å². The Kier molecular flexibility index (Phi) is 5.41. The second-order valence-corrected chi connectivity index (χ2v) is 6.40. The summed E-state index contributed by atoms with van der Waals surface area (Å²) in [6.45, 7) is 0.119. The van der Waals surface area contributed by atoms with Crippen molar-refractivity contribution < 1.29 is 19.4 Å². The molecule has 0 atom stereocenters. The predicted octanol–water partition coefficient (Wildman–Crippen LogP) is 2.15. The number of aromatic amines is 1. The zero-order valence-corrected chi connectivity index (χ0v) is 15.4. The van der Waals surface area contributed by atoms with Crippen molar-refractivity contribution in [1.29, 1.82) is 0 Å². The first-order valence-corrected chi connectivity index (χ1v) is 8.77. The van der Waals surface area contributed by atoms with E-state index in [1.54, 1.807) is 37.4 Å². The minimum absolute atomic E-state index is 0.119. The number of rotatable bonds is 6. The van der Waals surface area contributed by atoms with E-state index in [2.05, 4.69) is 15.3 Å². The molecule has 140 valence electrons. The molecule has 0 saturated carbocycles. The average molecular weight is 387 g/mol. The highest BCUT2D eigenvalue weighted by atomic mass is 32.1. The van der Waals surface area contributed by atoms with Gasteiger partial charge in [-0.25, -0.2) is 4.98 Å². The molecule has 3 aromatic rings. The van der Waals surface area contributed by atoms with Gasteiger partial charge in [0.25, 0.3) is 11.5 Å². The first kappa shape index (κ1) is 18.5. The van der Waals surface area contributed by atoms with Gasteiger partial charge in [-0.2, -0.15) is 0 Å². The van der Waals surface area contributed by atoms with E-state index in [0.29, 0.717) is 21.9 Å². The Morgan fingerprint density at radius 2 is 2.11 bits per heavy atom. The van der Waals surface area contributed by atoms with Gasteiger partial charge in [0, 0.05) is 18.2 Å². The highest BCUT2D eigenvalue weighted by Gasteiger charge is 2.19. The molecule has 0 spiro atoms. The lowest BCUT2D eigenvalue weighted by atomic mass is 10.2. The minimum Gasteiger partial charge on any atom is -0.501 e. The Bertz CT molecular complexity index is 1010. The molecule has 3 N–H and O–H groups in total. The third kappa shape index (κ3) is 3.93. The number of nitrogens with zero attached hydrogens (tertiary/aromatic N) is 1. The number of nitrogens with one attached hydrogen (secondary N) is 2. The van der Waals surface area contributed by atoms with Gasteiger partial charge in [-0.1, -0.05) is 6.07 Å². The van der Waals surface area contributed by atoms with E-state index >= 15 is 0 Å². The fraction of sp³-hybridized carbons (Fsp3) is 0.167. The molecular weight excluding hydrogens is 370 g/mol. The van der Waals surface area contributed by atoms with E-state index < -0.39 is 17.2 Å². The first-order valence-electron chi connectivity index (χ1n) is 7.89. The van der Waals surface area contributed by atoms with Crippen molar-refractivity contribution in [3.8, 4) is 28.0 Å². The number of thiophene rings is 1. The summed E-state index contributed by atoms with van der Waals surface area (Å²) in [5.41, 5.74) is -0.412. The third-order valence-electron chi connectivity index (χ3n) is 3.80. The molecule has 0 bridgehead atoms. The van der Waals surface area contributed by atoms with Gasteiger partial charge in [-0.15, -0.1) is 11.3 Å². The lowest BCUT2D eigenvalue weighted by Crippen LogP contribution is -2.26. The normalized spacial score (nSPS) is 10.4. The number of H-pyrrole nitrogens is 1. The van der Waals surface area contributed by atoms with Crippen LogP contribution in [0.3, 0.4) is 0 Å². The first-order chi connectivity index (χ1) is 13.0. The number of aromatic nitrogens is 2. The van der Waals surface area contributed by atoms with Crippen LogP contribution >= 0.6 is 11.3 Å². The van der Waals surface area contributed by atoms with E-state index in [9.17, 15) is 14.7 Å². The summed E-state index contributed by atoms with van der Waals surface area (Å²) in [7, 11) is 3.06. The third-order valence-corrected chi connectivity index (χ3v) is 4.67. The number of hydrogen-bond donors (Lipinski definition) is 3. The van der Waals surface area contributed by atoms with Gasteiger partial charge in [0.2, 0.25) is 5.75 Å². The number of benzene rings is 1. The van der Waals surface area contributed by atoms with Crippen molar-refractivity contribution >= 4 is 17.2 Å². The highest BCUT2D eigenvalue weighted by Crippen LogP contribution is 2.25. The summed E-state index contributed by atoms with van der Waals surface area (Å²) < 4.78 is 10.4. The molecule has 9 heteroatoms. The average Bonchev–Trinajstić information content (AvgIpc) is 3.22. The molecule has 3 rings (SSSR count). The number of carbonyl (C=O) groups is 1. The molecule has 1 aromatic carbocycles. The van der Waals surface area contributed by atoms with Crippen molar-refractivity contribution in [1.82, 2.24) is 15.3 Å². The Morgan fingerprint density at radius 1 is 1.30 bits per heavy atom. The Morgan fingerprint density at radius 3 is 2.78 bits per heavy atom. The summed E-state index contributed by atoms with van der Waals surface area (Å²) in [4.78, 5) is 31.7. The van der Waals surface area contributed by atoms with Crippen LogP contribution in [0.15, 0.2) is 40.5 Å². The van der Waals surface area contributed by atoms with Gasteiger partial charge in [-0.05, 0) is 23.6 Å². The number of hydrogen-bond acceptors (Lipinski definition) is 7. The Labute approximate surface area is 158 Å². The fourth-order valence-corrected chi connectivity index (χ4v) is 3.08. The van der Waals surface area contributed by atoms with Crippen LogP contribution in [0.25, 0.3) is 10.7 Å². The summed E-state index contributed by atoms with van der Waals surface area (Å²) in [6.07, 6.45) is 0. The van der Waals surface area contributed by atoms with Crippen LogP contribution in [0.4, 0.5) is 0 Å². The second-order valence-electron chi connectivity index (χ2n) is 5.45. The minimum atomic E-state index is -0.777. The maximum atomic E-state index is 12.5. The maximum absolute atomic E-state index is 12.5. The molecule has 2 heterocycles. The van der Waals surface area contributed by atoms with Crippen molar-refractivity contribution in [2.45, 2.75) is 6.54 Å². The molecule has 0 saturated heterocycles. The highest BCUT2D eigenvalue weighted by molar-refractivity contribution is 7.13. The van der Waals surface area contributed by atoms with Crippen molar-refractivity contribution in [2.75, 3.05) is 14.2 Å². The van der Waals surface area contributed by atoms with E-state index in [1.807, 2.05) is 5.38 Å². The van der Waals surface area contributed by atoms with E-state index in [4.69, 9.17) is 9.47 Å². The standard InChI is InChI=1S/C18H17N3O5S/c1-25-11-6-5-10(12(8-11)26-2)9-19-17(23)14-15(22)18(24)21-16(20-14)13-4-3-7-27-13/h3-8,22H,9H2,1-2H3,(H,19,23)(H,20,21,24). The lowest BCUT2D eigenvalue weighted by Gasteiger charge is -2.11. The molecular formula is C18H17N3O5S. The molecule has 2 aromatic heterocycles. The number of amides is 1. The predicted molar refractivity (Wildman–Crippen MR) is 101 cm³/mol. The number of carbonyl (C=O) groups excluding carboxylic acids is 1. The van der Waals surface area contributed by atoms with Crippen LogP contribution in [-0.4, -0.2) is 35.2 Å². The number of methoxy groups -OCH3 is 2. The largest absolute Gasteiger partial charge is 0.501 e. The summed E-state index contributed by atoms with van der Waals surface area (Å²) in [5, 5.41) is 14.4. The van der Waals surface area contributed by atoms with Crippen LogP contribution < -0.4 is 20.3 Å². The van der Waals surface area contributed by atoms with Crippen molar-refractivity contribution in [3.63, 3.8) is 0 Å². The van der Waals surface area contributed by atoms with Gasteiger partial charge in [0.15, 0.2) is 11.5 Å². The monoisotopic (exact) mass is 387 g/mol. The maximum Gasteiger partial charge on any atom is 0.294 e. The molecule has 0 unspecified atom stereocenters. The molecule has 27 heavy (non-hydrogen) atoms. The second kappa shape index (κ2) is 7.92. The Balaban J connectivity index is 1.84. The zero-order valence-electron chi connectivity index (χ0n) is 14.6. The smallest absolute Gasteiger partial charge is 0.294 e. The molecule has 0 radical (unpaired) electrons. The number of ether oxygens (including phenoxy) is 2. The van der Waals surface area contributed by atoms with Gasteiger partial charge in [0.05, 0.1) is 19.1 Å². The summed E-state index contributed by atoms with van der Waals surface area (Å²) in [5.74, 6) is -0.0165. The van der Waals surface area contributed by atoms with E-state index in [1.165, 1.54) is 18.4 Å². The Hall–Kier alpha value is -3.33. The van der Waals surface area contributed by atoms with Crippen LogP contribution in [-0.2, 0) is 6.54 Å². The van der Waals surface area contributed by atoms with Gasteiger partial charge in [0.1, 0.15) is 11.5 Å². The topological polar surface area (TPSA) is 114 Å². The van der Waals surface area contributed by atoms with Crippen LogP contribution in [0, 0.1) is 0 Å². The van der Waals surface area contributed by atoms with Gasteiger partial charge < -0.3 is 24.9 Å². The van der Waals surface area contributed by atoms with Crippen molar-refractivity contribution in [2.24, 2.45) is 0 Å². The molecule has 1 amide bonds. The fourth-order valence-electron chi connectivity index (χ4n) is 2.41.